The molecule has 1 aliphatic rings. The molecule has 0 aromatic heterocycles. The monoisotopic (exact) mass is 231 g/mol. The van der Waals surface area contributed by atoms with Crippen molar-refractivity contribution in [3.05, 3.63) is 11.6 Å². The fourth-order valence-electron chi connectivity index (χ4n) is 1.21. The molecule has 0 atom stereocenters. The standard InChI is InChI=1S/C9H13NO4S/c1-2-15(12,13)14-10-9(7-11)8-5-3-4-6-8/h5,7H,2-4,6H2,1H3. The van der Waals surface area contributed by atoms with Crippen LogP contribution in [-0.2, 0) is 19.2 Å². The molecule has 0 amide bonds. The second-order valence-corrected chi connectivity index (χ2v) is 4.98. The molecule has 5 nitrogen and oxygen atoms in total. The van der Waals surface area contributed by atoms with Gasteiger partial charge in [0.05, 0.1) is 5.75 Å². The summed E-state index contributed by atoms with van der Waals surface area (Å²) in [5.41, 5.74) is 0.834. The van der Waals surface area contributed by atoms with Gasteiger partial charge in [-0.15, -0.1) is 0 Å². The van der Waals surface area contributed by atoms with Crippen molar-refractivity contribution in [2.45, 2.75) is 26.2 Å². The molecule has 0 spiro atoms. The van der Waals surface area contributed by atoms with E-state index < -0.39 is 10.1 Å². The minimum Gasteiger partial charge on any atom is -0.296 e. The fraction of sp³-hybridized carbons (Fsp3) is 0.556. The highest BCUT2D eigenvalue weighted by Crippen LogP contribution is 2.18. The van der Waals surface area contributed by atoms with Crippen molar-refractivity contribution >= 4 is 22.1 Å². The lowest BCUT2D eigenvalue weighted by Crippen LogP contribution is -2.09. The van der Waals surface area contributed by atoms with Crippen LogP contribution in [0.5, 0.6) is 0 Å². The first-order chi connectivity index (χ1) is 7.09. The smallest absolute Gasteiger partial charge is 0.296 e. The summed E-state index contributed by atoms with van der Waals surface area (Å²) in [4.78, 5) is 10.7. The van der Waals surface area contributed by atoms with Gasteiger partial charge in [-0.25, -0.2) is 0 Å². The SMILES string of the molecule is CCS(=O)(=O)ON=C(C=O)C1=CCCC1. The fourth-order valence-corrected chi connectivity index (χ4v) is 1.51. The van der Waals surface area contributed by atoms with E-state index in [4.69, 9.17) is 0 Å². The van der Waals surface area contributed by atoms with Gasteiger partial charge in [-0.2, -0.15) is 8.42 Å². The van der Waals surface area contributed by atoms with Crippen molar-refractivity contribution in [2.24, 2.45) is 5.16 Å². The molecule has 0 aromatic rings. The van der Waals surface area contributed by atoms with Gasteiger partial charge >= 0.3 is 10.1 Å². The van der Waals surface area contributed by atoms with E-state index in [2.05, 4.69) is 9.44 Å². The molecule has 15 heavy (non-hydrogen) atoms. The lowest BCUT2D eigenvalue weighted by atomic mass is 10.1. The van der Waals surface area contributed by atoms with Crippen molar-refractivity contribution in [1.29, 1.82) is 0 Å². The number of carbonyl (C=O) groups is 1. The third kappa shape index (κ3) is 3.47. The topological polar surface area (TPSA) is 72.8 Å². The summed E-state index contributed by atoms with van der Waals surface area (Å²) in [5.74, 6) is -0.165. The Labute approximate surface area is 88.9 Å². The molecule has 0 aromatic carbocycles. The van der Waals surface area contributed by atoms with Gasteiger partial charge in [0.15, 0.2) is 6.29 Å². The molecule has 0 saturated carbocycles. The van der Waals surface area contributed by atoms with Crippen molar-refractivity contribution < 1.29 is 17.5 Å². The molecule has 0 aliphatic heterocycles. The van der Waals surface area contributed by atoms with E-state index in [9.17, 15) is 13.2 Å². The Morgan fingerprint density at radius 3 is 2.87 bits per heavy atom. The van der Waals surface area contributed by atoms with Gasteiger partial charge in [0.2, 0.25) is 0 Å². The van der Waals surface area contributed by atoms with Gasteiger partial charge in [-0.1, -0.05) is 11.2 Å². The van der Waals surface area contributed by atoms with Crippen LogP contribution in [-0.4, -0.2) is 26.2 Å². The van der Waals surface area contributed by atoms with Crippen LogP contribution in [0.4, 0.5) is 0 Å². The van der Waals surface area contributed by atoms with Gasteiger partial charge in [0.1, 0.15) is 5.71 Å². The predicted octanol–water partition coefficient (Wildman–Crippen LogP) is 1.02. The average molecular weight is 231 g/mol. The van der Waals surface area contributed by atoms with Crippen LogP contribution in [0.3, 0.4) is 0 Å². The maximum atomic E-state index is 11.0. The summed E-state index contributed by atoms with van der Waals surface area (Å²) in [6.45, 7) is 1.44. The van der Waals surface area contributed by atoms with E-state index in [1.165, 1.54) is 6.92 Å². The van der Waals surface area contributed by atoms with Crippen molar-refractivity contribution in [1.82, 2.24) is 0 Å². The third-order valence-electron chi connectivity index (χ3n) is 2.08. The van der Waals surface area contributed by atoms with E-state index in [0.717, 1.165) is 24.8 Å². The molecule has 0 saturated heterocycles. The van der Waals surface area contributed by atoms with Crippen LogP contribution in [0.15, 0.2) is 16.8 Å². The Morgan fingerprint density at radius 1 is 1.67 bits per heavy atom. The summed E-state index contributed by atoms with van der Waals surface area (Å²) in [7, 11) is -3.63. The van der Waals surface area contributed by atoms with Gasteiger partial charge in [0.25, 0.3) is 0 Å². The number of allylic oxidation sites excluding steroid dienone is 2. The molecule has 0 unspecified atom stereocenters. The summed E-state index contributed by atoms with van der Waals surface area (Å²) < 4.78 is 26.3. The quantitative estimate of drug-likeness (QED) is 0.402. The number of hydrogen-bond acceptors (Lipinski definition) is 5. The Balaban J connectivity index is 2.75. The number of nitrogens with zero attached hydrogens (tertiary/aromatic N) is 1. The molecule has 1 aliphatic carbocycles. The van der Waals surface area contributed by atoms with E-state index in [1.807, 2.05) is 6.08 Å². The number of hydrogen-bond donors (Lipinski definition) is 0. The summed E-state index contributed by atoms with van der Waals surface area (Å²) in [5, 5.41) is 3.36. The molecule has 1 rings (SSSR count). The normalized spacial score (nSPS) is 17.4. The molecule has 0 heterocycles. The first-order valence-corrected chi connectivity index (χ1v) is 6.30. The van der Waals surface area contributed by atoms with Gasteiger partial charge < -0.3 is 0 Å². The number of aldehydes is 1. The maximum absolute atomic E-state index is 11.0. The van der Waals surface area contributed by atoms with E-state index in [-0.39, 0.29) is 11.5 Å². The summed E-state index contributed by atoms with van der Waals surface area (Å²) >= 11 is 0. The molecule has 0 radical (unpaired) electrons. The molecular weight excluding hydrogens is 218 g/mol. The zero-order chi connectivity index (χ0) is 11.3. The van der Waals surface area contributed by atoms with Crippen LogP contribution in [0.25, 0.3) is 0 Å². The molecule has 6 heteroatoms. The van der Waals surface area contributed by atoms with Crippen LogP contribution >= 0.6 is 0 Å². The zero-order valence-electron chi connectivity index (χ0n) is 8.47. The summed E-state index contributed by atoms with van der Waals surface area (Å²) in [6, 6.07) is 0. The van der Waals surface area contributed by atoms with Crippen LogP contribution in [0, 0.1) is 0 Å². The lowest BCUT2D eigenvalue weighted by Gasteiger charge is -2.00. The molecular formula is C9H13NO4S. The van der Waals surface area contributed by atoms with Crippen LogP contribution in [0.2, 0.25) is 0 Å². The zero-order valence-corrected chi connectivity index (χ0v) is 9.29. The highest BCUT2D eigenvalue weighted by atomic mass is 32.2. The molecule has 0 bridgehead atoms. The summed E-state index contributed by atoms with van der Waals surface area (Å²) in [6.07, 6.45) is 4.98. The minimum atomic E-state index is -3.63. The van der Waals surface area contributed by atoms with Crippen LogP contribution in [0.1, 0.15) is 26.2 Å². The first-order valence-electron chi connectivity index (χ1n) is 4.73. The predicted molar refractivity (Wildman–Crippen MR) is 56.0 cm³/mol. The van der Waals surface area contributed by atoms with Crippen molar-refractivity contribution in [2.75, 3.05) is 5.75 Å². The number of rotatable bonds is 5. The van der Waals surface area contributed by atoms with E-state index in [0.29, 0.717) is 6.29 Å². The highest BCUT2D eigenvalue weighted by Gasteiger charge is 2.13. The Hall–Kier alpha value is -1.17. The second kappa shape index (κ2) is 5.06. The first kappa shape index (κ1) is 11.9. The molecule has 0 N–H and O–H groups in total. The molecule has 0 fully saturated rings. The maximum Gasteiger partial charge on any atom is 0.328 e. The minimum absolute atomic E-state index is 0.0736. The Kier molecular flexibility index (Phi) is 4.02. The Bertz CT molecular complexity index is 394. The number of carbonyl (C=O) groups excluding carboxylic acids is 1. The van der Waals surface area contributed by atoms with E-state index in [1.54, 1.807) is 0 Å². The number of oxime groups is 1. The van der Waals surface area contributed by atoms with Gasteiger partial charge in [0, 0.05) is 0 Å². The molecule has 84 valence electrons. The van der Waals surface area contributed by atoms with Crippen molar-refractivity contribution in [3.63, 3.8) is 0 Å². The largest absolute Gasteiger partial charge is 0.328 e. The highest BCUT2D eigenvalue weighted by molar-refractivity contribution is 7.86. The Morgan fingerprint density at radius 2 is 2.40 bits per heavy atom. The lowest BCUT2D eigenvalue weighted by molar-refractivity contribution is -0.102. The van der Waals surface area contributed by atoms with Gasteiger partial charge in [-0.05, 0) is 31.8 Å². The van der Waals surface area contributed by atoms with Crippen molar-refractivity contribution in [3.8, 4) is 0 Å². The van der Waals surface area contributed by atoms with Gasteiger partial charge in [-0.3, -0.25) is 9.08 Å². The second-order valence-electron chi connectivity index (χ2n) is 3.14. The third-order valence-corrected chi connectivity index (χ3v) is 3.09. The van der Waals surface area contributed by atoms with E-state index >= 15 is 0 Å². The average Bonchev–Trinajstić information content (AvgIpc) is 2.72. The van der Waals surface area contributed by atoms with Crippen LogP contribution < -0.4 is 0 Å².